The summed E-state index contributed by atoms with van der Waals surface area (Å²) in [5.74, 6) is -0.422. The van der Waals surface area contributed by atoms with Crippen LogP contribution in [0.2, 0.25) is 10.0 Å². The summed E-state index contributed by atoms with van der Waals surface area (Å²) < 4.78 is 13.6. The fourth-order valence-corrected chi connectivity index (χ4v) is 3.38. The predicted octanol–water partition coefficient (Wildman–Crippen LogP) is 4.01. The summed E-state index contributed by atoms with van der Waals surface area (Å²) in [7, 11) is 0. The van der Waals surface area contributed by atoms with Gasteiger partial charge < -0.3 is 5.73 Å². The first-order valence-corrected chi connectivity index (χ1v) is 7.31. The van der Waals surface area contributed by atoms with Gasteiger partial charge in [-0.3, -0.25) is 4.90 Å². The van der Waals surface area contributed by atoms with Gasteiger partial charge in [0.1, 0.15) is 5.82 Å². The van der Waals surface area contributed by atoms with Crippen molar-refractivity contribution in [3.63, 3.8) is 0 Å². The van der Waals surface area contributed by atoms with E-state index in [0.29, 0.717) is 11.1 Å². The zero-order valence-corrected chi connectivity index (χ0v) is 12.7. The van der Waals surface area contributed by atoms with Crippen LogP contribution in [-0.4, -0.2) is 23.5 Å². The fraction of sp³-hybridized carbons (Fsp3) is 0.571. The van der Waals surface area contributed by atoms with Gasteiger partial charge in [0.2, 0.25) is 0 Å². The van der Waals surface area contributed by atoms with E-state index in [1.165, 1.54) is 12.1 Å². The molecular weight excluding hydrogens is 286 g/mol. The molecule has 0 bridgehead atoms. The molecule has 5 heteroatoms. The minimum Gasteiger partial charge on any atom is -0.328 e. The molecule has 1 fully saturated rings. The summed E-state index contributed by atoms with van der Waals surface area (Å²) in [6.07, 6.45) is 1.92. The van der Waals surface area contributed by atoms with E-state index >= 15 is 0 Å². The Labute approximate surface area is 123 Å². The van der Waals surface area contributed by atoms with Crippen LogP contribution in [0.3, 0.4) is 0 Å². The van der Waals surface area contributed by atoms with Crippen molar-refractivity contribution in [2.24, 2.45) is 5.73 Å². The average Bonchev–Trinajstić information content (AvgIpc) is 2.33. The summed E-state index contributed by atoms with van der Waals surface area (Å²) in [6, 6.07) is 3.60. The van der Waals surface area contributed by atoms with Crippen LogP contribution in [0.5, 0.6) is 0 Å². The van der Waals surface area contributed by atoms with Crippen molar-refractivity contribution >= 4 is 23.2 Å². The van der Waals surface area contributed by atoms with E-state index in [4.69, 9.17) is 28.9 Å². The Bertz CT molecular complexity index is 467. The number of piperidine rings is 1. The van der Waals surface area contributed by atoms with Gasteiger partial charge in [-0.1, -0.05) is 23.2 Å². The largest absolute Gasteiger partial charge is 0.328 e. The Kier molecular flexibility index (Phi) is 4.72. The minimum atomic E-state index is -0.422. The van der Waals surface area contributed by atoms with Crippen LogP contribution in [0.15, 0.2) is 12.1 Å². The fourth-order valence-electron chi connectivity index (χ4n) is 2.84. The lowest BCUT2D eigenvalue weighted by Crippen LogP contribution is -2.46. The van der Waals surface area contributed by atoms with E-state index in [1.54, 1.807) is 0 Å². The van der Waals surface area contributed by atoms with E-state index in [0.717, 1.165) is 24.9 Å². The smallest absolute Gasteiger partial charge is 0.142 e. The lowest BCUT2D eigenvalue weighted by atomic mass is 9.95. The molecule has 0 aliphatic carbocycles. The van der Waals surface area contributed by atoms with Gasteiger partial charge in [-0.15, -0.1) is 0 Å². The molecule has 2 rings (SSSR count). The maximum absolute atomic E-state index is 13.6. The number of rotatable bonds is 2. The highest BCUT2D eigenvalue weighted by atomic mass is 35.5. The second-order valence-electron chi connectivity index (χ2n) is 5.34. The van der Waals surface area contributed by atoms with Crippen LogP contribution in [0, 0.1) is 5.82 Å². The maximum Gasteiger partial charge on any atom is 0.142 e. The van der Waals surface area contributed by atoms with Gasteiger partial charge in [-0.2, -0.15) is 0 Å². The summed E-state index contributed by atoms with van der Waals surface area (Å²) >= 11 is 11.9. The van der Waals surface area contributed by atoms with Crippen LogP contribution in [0.1, 0.15) is 38.3 Å². The van der Waals surface area contributed by atoms with Gasteiger partial charge in [0.05, 0.1) is 5.02 Å². The van der Waals surface area contributed by atoms with Gasteiger partial charge in [0, 0.05) is 29.7 Å². The van der Waals surface area contributed by atoms with Crippen molar-refractivity contribution in [3.05, 3.63) is 33.6 Å². The highest BCUT2D eigenvalue weighted by Gasteiger charge is 2.28. The molecular formula is C14H19Cl2FN2. The number of hydrogen-bond acceptors (Lipinski definition) is 2. The van der Waals surface area contributed by atoms with Crippen LogP contribution in [0.4, 0.5) is 4.39 Å². The summed E-state index contributed by atoms with van der Waals surface area (Å²) in [6.45, 7) is 5.10. The van der Waals surface area contributed by atoms with Crippen molar-refractivity contribution in [2.45, 2.75) is 44.8 Å². The molecule has 1 aromatic carbocycles. The van der Waals surface area contributed by atoms with Crippen molar-refractivity contribution in [3.8, 4) is 0 Å². The van der Waals surface area contributed by atoms with Gasteiger partial charge >= 0.3 is 0 Å². The van der Waals surface area contributed by atoms with E-state index in [-0.39, 0.29) is 17.1 Å². The van der Waals surface area contributed by atoms with Gasteiger partial charge in [-0.05, 0) is 44.4 Å². The van der Waals surface area contributed by atoms with Crippen molar-refractivity contribution < 1.29 is 4.39 Å². The molecule has 1 aromatic rings. The highest BCUT2D eigenvalue weighted by Crippen LogP contribution is 2.34. The molecule has 1 aliphatic heterocycles. The zero-order chi connectivity index (χ0) is 14.2. The van der Waals surface area contributed by atoms with Crippen molar-refractivity contribution in [1.29, 1.82) is 0 Å². The lowest BCUT2D eigenvalue weighted by molar-refractivity contribution is 0.104. The molecule has 106 valence electrons. The second-order valence-corrected chi connectivity index (χ2v) is 6.15. The first-order chi connectivity index (χ1) is 8.90. The Morgan fingerprint density at radius 2 is 2.05 bits per heavy atom. The first kappa shape index (κ1) is 15.0. The number of benzene rings is 1. The first-order valence-electron chi connectivity index (χ1n) is 6.56. The Balaban J connectivity index is 2.24. The topological polar surface area (TPSA) is 29.3 Å². The van der Waals surface area contributed by atoms with Crippen LogP contribution < -0.4 is 5.73 Å². The van der Waals surface area contributed by atoms with Crippen molar-refractivity contribution in [1.82, 2.24) is 4.90 Å². The van der Waals surface area contributed by atoms with Crippen LogP contribution in [-0.2, 0) is 0 Å². The zero-order valence-electron chi connectivity index (χ0n) is 11.2. The Morgan fingerprint density at radius 3 is 2.68 bits per heavy atom. The monoisotopic (exact) mass is 304 g/mol. The molecule has 0 radical (unpaired) electrons. The molecule has 2 N–H and O–H groups in total. The molecule has 0 amide bonds. The SMILES string of the molecule is CC1CC(N)CCN1C(C)c1cc(F)c(Cl)cc1Cl. The van der Waals surface area contributed by atoms with Crippen LogP contribution >= 0.6 is 23.2 Å². The van der Waals surface area contributed by atoms with E-state index in [1.807, 2.05) is 6.92 Å². The predicted molar refractivity (Wildman–Crippen MR) is 78.2 cm³/mol. The molecule has 3 atom stereocenters. The number of likely N-dealkylation sites (tertiary alicyclic amines) is 1. The lowest BCUT2D eigenvalue weighted by Gasteiger charge is -2.40. The molecule has 1 saturated heterocycles. The molecule has 2 nitrogen and oxygen atoms in total. The molecule has 0 aromatic heterocycles. The average molecular weight is 305 g/mol. The summed E-state index contributed by atoms with van der Waals surface area (Å²) in [5, 5.41) is 0.579. The summed E-state index contributed by atoms with van der Waals surface area (Å²) in [4.78, 5) is 2.32. The normalized spacial score (nSPS) is 26.4. The van der Waals surface area contributed by atoms with E-state index in [2.05, 4.69) is 11.8 Å². The van der Waals surface area contributed by atoms with E-state index in [9.17, 15) is 4.39 Å². The molecule has 19 heavy (non-hydrogen) atoms. The van der Waals surface area contributed by atoms with Crippen molar-refractivity contribution in [2.75, 3.05) is 6.54 Å². The third-order valence-corrected chi connectivity index (χ3v) is 4.57. The highest BCUT2D eigenvalue weighted by molar-refractivity contribution is 6.35. The third-order valence-electron chi connectivity index (χ3n) is 3.96. The number of hydrogen-bond donors (Lipinski definition) is 1. The Hall–Kier alpha value is -0.350. The number of halogens is 3. The van der Waals surface area contributed by atoms with Gasteiger partial charge in [-0.25, -0.2) is 4.39 Å². The standard InChI is InChI=1S/C14H19Cl2FN2/c1-8-5-10(18)3-4-19(8)9(2)11-6-14(17)13(16)7-12(11)15/h6-10H,3-5,18H2,1-2H3. The maximum atomic E-state index is 13.6. The number of nitrogens with zero attached hydrogens (tertiary/aromatic N) is 1. The minimum absolute atomic E-state index is 0.0572. The molecule has 1 aliphatic rings. The van der Waals surface area contributed by atoms with Gasteiger partial charge in [0.25, 0.3) is 0 Å². The Morgan fingerprint density at radius 1 is 1.37 bits per heavy atom. The summed E-state index contributed by atoms with van der Waals surface area (Å²) in [5.41, 5.74) is 6.75. The molecule has 0 saturated carbocycles. The third kappa shape index (κ3) is 3.22. The molecule has 0 spiro atoms. The number of nitrogens with two attached hydrogens (primary N) is 1. The molecule has 3 unspecified atom stereocenters. The molecule has 1 heterocycles. The quantitative estimate of drug-likeness (QED) is 0.837. The van der Waals surface area contributed by atoms with Crippen LogP contribution in [0.25, 0.3) is 0 Å². The van der Waals surface area contributed by atoms with Gasteiger partial charge in [0.15, 0.2) is 0 Å². The second kappa shape index (κ2) is 5.96. The van der Waals surface area contributed by atoms with E-state index < -0.39 is 5.82 Å².